The predicted molar refractivity (Wildman–Crippen MR) is 88.6 cm³/mol. The van der Waals surface area contributed by atoms with E-state index >= 15 is 0 Å². The largest absolute Gasteiger partial charge is 0.366 e. The van der Waals surface area contributed by atoms with Crippen LogP contribution in [0.3, 0.4) is 0 Å². The van der Waals surface area contributed by atoms with Crippen molar-refractivity contribution in [1.29, 1.82) is 0 Å². The molecule has 0 atom stereocenters. The van der Waals surface area contributed by atoms with Crippen LogP contribution >= 0.6 is 11.6 Å². The quantitative estimate of drug-likeness (QED) is 0.789. The smallest absolute Gasteiger partial charge is 0.249 e. The number of carbonyl (C=O) groups is 1. The van der Waals surface area contributed by atoms with E-state index in [0.717, 1.165) is 16.7 Å². The number of hydrogen-bond acceptors (Lipinski definition) is 2. The molecule has 0 aliphatic heterocycles. The first-order valence-corrected chi connectivity index (χ1v) is 7.15. The fourth-order valence-corrected chi connectivity index (χ4v) is 2.63. The van der Waals surface area contributed by atoms with E-state index in [0.29, 0.717) is 16.3 Å². The highest BCUT2D eigenvalue weighted by Gasteiger charge is 2.16. The normalized spacial score (nSPS) is 10.4. The highest BCUT2D eigenvalue weighted by molar-refractivity contribution is 6.30. The molecule has 108 valence electrons. The summed E-state index contributed by atoms with van der Waals surface area (Å²) in [7, 11) is 0. The third-order valence-electron chi connectivity index (χ3n) is 3.39. The molecule has 0 aliphatic rings. The fraction of sp³-hybridized carbons (Fsp3) is 0. The maximum atomic E-state index is 11.8. The zero-order valence-corrected chi connectivity index (χ0v) is 12.4. The summed E-state index contributed by atoms with van der Waals surface area (Å²) < 4.78 is 0. The summed E-state index contributed by atoms with van der Waals surface area (Å²) in [4.78, 5) is 16.2. The summed E-state index contributed by atoms with van der Waals surface area (Å²) in [5, 5.41) is 0.633. The molecule has 4 heteroatoms. The highest BCUT2D eigenvalue weighted by Crippen LogP contribution is 2.34. The number of rotatable bonds is 3. The Bertz CT molecular complexity index is 832. The second-order valence-electron chi connectivity index (χ2n) is 4.82. The molecule has 2 aromatic carbocycles. The van der Waals surface area contributed by atoms with Gasteiger partial charge >= 0.3 is 0 Å². The number of pyridine rings is 1. The van der Waals surface area contributed by atoms with E-state index in [9.17, 15) is 4.79 Å². The van der Waals surface area contributed by atoms with Gasteiger partial charge in [0.15, 0.2) is 0 Å². The van der Waals surface area contributed by atoms with Gasteiger partial charge in [0.2, 0.25) is 5.91 Å². The van der Waals surface area contributed by atoms with Crippen LogP contribution in [0.25, 0.3) is 22.4 Å². The fourth-order valence-electron chi connectivity index (χ4n) is 2.44. The van der Waals surface area contributed by atoms with Gasteiger partial charge in [0.25, 0.3) is 0 Å². The molecule has 0 saturated heterocycles. The Hall–Kier alpha value is -2.65. The first-order chi connectivity index (χ1) is 10.7. The zero-order valence-electron chi connectivity index (χ0n) is 11.7. The van der Waals surface area contributed by atoms with Gasteiger partial charge in [-0.3, -0.25) is 9.78 Å². The average Bonchev–Trinajstić information content (AvgIpc) is 2.55. The van der Waals surface area contributed by atoms with Gasteiger partial charge in [-0.15, -0.1) is 0 Å². The van der Waals surface area contributed by atoms with E-state index in [-0.39, 0.29) is 0 Å². The Kier molecular flexibility index (Phi) is 3.90. The van der Waals surface area contributed by atoms with E-state index in [1.165, 1.54) is 0 Å². The molecule has 1 amide bonds. The molecule has 3 rings (SSSR count). The zero-order chi connectivity index (χ0) is 15.5. The Morgan fingerprint density at radius 1 is 1.00 bits per heavy atom. The van der Waals surface area contributed by atoms with Crippen LogP contribution in [0, 0.1) is 0 Å². The predicted octanol–water partition coefficient (Wildman–Crippen LogP) is 4.17. The van der Waals surface area contributed by atoms with Crippen molar-refractivity contribution in [2.24, 2.45) is 5.73 Å². The van der Waals surface area contributed by atoms with Crippen molar-refractivity contribution >= 4 is 17.5 Å². The molecule has 0 bridgehead atoms. The molecule has 1 aromatic heterocycles. The molecule has 0 fully saturated rings. The summed E-state index contributed by atoms with van der Waals surface area (Å²) in [6.45, 7) is 0. The minimum absolute atomic E-state index is 0.441. The van der Waals surface area contributed by atoms with Crippen molar-refractivity contribution in [3.63, 3.8) is 0 Å². The van der Waals surface area contributed by atoms with Gasteiger partial charge in [0, 0.05) is 22.3 Å². The molecule has 1 heterocycles. The van der Waals surface area contributed by atoms with Crippen LogP contribution in [0.1, 0.15) is 10.4 Å². The van der Waals surface area contributed by atoms with E-state index < -0.39 is 5.91 Å². The summed E-state index contributed by atoms with van der Waals surface area (Å²) in [5.74, 6) is -0.482. The number of hydrogen-bond donors (Lipinski definition) is 1. The van der Waals surface area contributed by atoms with Crippen LogP contribution in [-0.4, -0.2) is 10.9 Å². The van der Waals surface area contributed by atoms with Gasteiger partial charge in [0.1, 0.15) is 0 Å². The topological polar surface area (TPSA) is 56.0 Å². The number of halogens is 1. The second-order valence-corrected chi connectivity index (χ2v) is 5.25. The first kappa shape index (κ1) is 14.3. The minimum Gasteiger partial charge on any atom is -0.366 e. The summed E-state index contributed by atoms with van der Waals surface area (Å²) in [6, 6.07) is 18.5. The van der Waals surface area contributed by atoms with Gasteiger partial charge in [-0.1, -0.05) is 41.9 Å². The lowest BCUT2D eigenvalue weighted by molar-refractivity contribution is 0.100. The number of amides is 1. The van der Waals surface area contributed by atoms with E-state index in [4.69, 9.17) is 17.3 Å². The second kappa shape index (κ2) is 6.00. The Balaban J connectivity index is 2.31. The van der Waals surface area contributed by atoms with Gasteiger partial charge in [-0.2, -0.15) is 0 Å². The van der Waals surface area contributed by atoms with Crippen LogP contribution in [-0.2, 0) is 0 Å². The van der Waals surface area contributed by atoms with Crippen LogP contribution in [0.2, 0.25) is 5.02 Å². The number of primary amides is 1. The van der Waals surface area contributed by atoms with Crippen molar-refractivity contribution < 1.29 is 4.79 Å². The summed E-state index contributed by atoms with van der Waals surface area (Å²) >= 11 is 6.09. The molecular formula is C18H13ClN2O. The van der Waals surface area contributed by atoms with Gasteiger partial charge < -0.3 is 5.73 Å². The lowest BCUT2D eigenvalue weighted by Gasteiger charge is -2.13. The number of aromatic nitrogens is 1. The molecule has 3 nitrogen and oxygen atoms in total. The highest BCUT2D eigenvalue weighted by atomic mass is 35.5. The van der Waals surface area contributed by atoms with Crippen LogP contribution in [0.5, 0.6) is 0 Å². The average molecular weight is 309 g/mol. The number of carbonyl (C=O) groups excluding carboxylic acids is 1. The third kappa shape index (κ3) is 2.71. The Morgan fingerprint density at radius 2 is 1.82 bits per heavy atom. The SMILES string of the molecule is NC(=O)c1cccc(-c2cccc(Cl)c2)c1-c1ccccn1. The number of nitrogens with two attached hydrogens (primary N) is 1. The molecule has 2 N–H and O–H groups in total. The molecule has 0 unspecified atom stereocenters. The first-order valence-electron chi connectivity index (χ1n) is 6.77. The van der Waals surface area contributed by atoms with Crippen molar-refractivity contribution in [3.8, 4) is 22.4 Å². The van der Waals surface area contributed by atoms with Gasteiger partial charge in [-0.05, 0) is 41.5 Å². The summed E-state index contributed by atoms with van der Waals surface area (Å²) in [5.41, 5.74) is 9.18. The van der Waals surface area contributed by atoms with Crippen molar-refractivity contribution in [1.82, 2.24) is 4.98 Å². The van der Waals surface area contributed by atoms with E-state index in [1.54, 1.807) is 12.3 Å². The maximum absolute atomic E-state index is 11.8. The molecular weight excluding hydrogens is 296 g/mol. The Labute approximate surface area is 133 Å². The molecule has 3 aromatic rings. The molecule has 22 heavy (non-hydrogen) atoms. The van der Waals surface area contributed by atoms with Crippen LogP contribution < -0.4 is 5.73 Å². The molecule has 0 radical (unpaired) electrons. The lowest BCUT2D eigenvalue weighted by atomic mass is 9.92. The molecule has 0 spiro atoms. The van der Waals surface area contributed by atoms with Gasteiger partial charge in [0.05, 0.1) is 5.69 Å². The summed E-state index contributed by atoms with van der Waals surface area (Å²) in [6.07, 6.45) is 1.69. The van der Waals surface area contributed by atoms with Crippen molar-refractivity contribution in [3.05, 3.63) is 77.4 Å². The van der Waals surface area contributed by atoms with Crippen molar-refractivity contribution in [2.45, 2.75) is 0 Å². The van der Waals surface area contributed by atoms with E-state index in [2.05, 4.69) is 4.98 Å². The number of benzene rings is 2. The van der Waals surface area contributed by atoms with Crippen LogP contribution in [0.4, 0.5) is 0 Å². The van der Waals surface area contributed by atoms with Crippen molar-refractivity contribution in [2.75, 3.05) is 0 Å². The van der Waals surface area contributed by atoms with Crippen LogP contribution in [0.15, 0.2) is 66.9 Å². The van der Waals surface area contributed by atoms with E-state index in [1.807, 2.05) is 54.6 Å². The van der Waals surface area contributed by atoms with Gasteiger partial charge in [-0.25, -0.2) is 0 Å². The standard InChI is InChI=1S/C18H13ClN2O/c19-13-6-3-5-12(11-13)14-7-4-8-15(18(20)22)17(14)16-9-1-2-10-21-16/h1-11H,(H2,20,22). The molecule has 0 aliphatic carbocycles. The Morgan fingerprint density at radius 3 is 2.50 bits per heavy atom. The lowest BCUT2D eigenvalue weighted by Crippen LogP contribution is -2.13. The number of nitrogens with zero attached hydrogens (tertiary/aromatic N) is 1. The monoisotopic (exact) mass is 308 g/mol. The third-order valence-corrected chi connectivity index (χ3v) is 3.62. The molecule has 0 saturated carbocycles. The maximum Gasteiger partial charge on any atom is 0.249 e. The minimum atomic E-state index is -0.482.